The Balaban J connectivity index is 1.89. The Bertz CT molecular complexity index is 542. The molecule has 0 amide bonds. The fourth-order valence-corrected chi connectivity index (χ4v) is 2.22. The number of aliphatic hydroxyl groups is 1. The van der Waals surface area contributed by atoms with Gasteiger partial charge >= 0.3 is 0 Å². The topological polar surface area (TPSA) is 38.7 Å². The smallest absolute Gasteiger partial charge is 0.184 e. The highest BCUT2D eigenvalue weighted by Crippen LogP contribution is 2.27. The van der Waals surface area contributed by atoms with Crippen LogP contribution in [0.2, 0.25) is 0 Å². The summed E-state index contributed by atoms with van der Waals surface area (Å²) in [4.78, 5) is 0. The molecular weight excluding hydrogens is 240 g/mol. The third-order valence-corrected chi connectivity index (χ3v) is 3.25. The van der Waals surface area contributed by atoms with Gasteiger partial charge in [0.1, 0.15) is 0 Å². The molecule has 0 bridgehead atoms. The third-order valence-electron chi connectivity index (χ3n) is 3.25. The minimum absolute atomic E-state index is 0.0735. The summed E-state index contributed by atoms with van der Waals surface area (Å²) in [5.74, 6) is 0. The molecule has 1 fully saturated rings. The summed E-state index contributed by atoms with van der Waals surface area (Å²) in [7, 11) is 0. The van der Waals surface area contributed by atoms with Crippen LogP contribution in [-0.4, -0.2) is 18.3 Å². The van der Waals surface area contributed by atoms with Gasteiger partial charge in [-0.25, -0.2) is 0 Å². The van der Waals surface area contributed by atoms with Crippen molar-refractivity contribution >= 4 is 0 Å². The van der Waals surface area contributed by atoms with Crippen LogP contribution in [0.25, 0.3) is 11.1 Å². The van der Waals surface area contributed by atoms with Crippen LogP contribution in [0.5, 0.6) is 0 Å². The summed E-state index contributed by atoms with van der Waals surface area (Å²) >= 11 is 0. The third kappa shape index (κ3) is 2.68. The van der Waals surface area contributed by atoms with Crippen LogP contribution in [-0.2, 0) is 16.1 Å². The van der Waals surface area contributed by atoms with E-state index in [4.69, 9.17) is 14.6 Å². The van der Waals surface area contributed by atoms with Gasteiger partial charge in [0, 0.05) is 5.56 Å². The first kappa shape index (κ1) is 12.4. The average molecular weight is 256 g/mol. The molecule has 1 aliphatic rings. The molecule has 1 saturated heterocycles. The normalized spacial score (nSPS) is 15.8. The SMILES string of the molecule is OCc1ccc(-c2cccc(C3OCCO3)c2)cc1. The van der Waals surface area contributed by atoms with Crippen LogP contribution in [0.15, 0.2) is 48.5 Å². The molecule has 0 spiro atoms. The van der Waals surface area contributed by atoms with Gasteiger partial charge in [-0.2, -0.15) is 0 Å². The van der Waals surface area contributed by atoms with Gasteiger partial charge in [0.25, 0.3) is 0 Å². The lowest BCUT2D eigenvalue weighted by molar-refractivity contribution is -0.0440. The number of hydrogen-bond acceptors (Lipinski definition) is 3. The molecule has 1 heterocycles. The Hall–Kier alpha value is -1.68. The maximum Gasteiger partial charge on any atom is 0.184 e. The van der Waals surface area contributed by atoms with Crippen molar-refractivity contribution in [2.45, 2.75) is 12.9 Å². The van der Waals surface area contributed by atoms with Gasteiger partial charge < -0.3 is 14.6 Å². The van der Waals surface area contributed by atoms with Crippen LogP contribution in [0.1, 0.15) is 17.4 Å². The number of aliphatic hydroxyl groups excluding tert-OH is 1. The second-order valence-electron chi connectivity index (χ2n) is 4.55. The fraction of sp³-hybridized carbons (Fsp3) is 0.250. The molecule has 0 radical (unpaired) electrons. The first-order valence-electron chi connectivity index (χ1n) is 6.40. The molecule has 1 N–H and O–H groups in total. The largest absolute Gasteiger partial charge is 0.392 e. The summed E-state index contributed by atoms with van der Waals surface area (Å²) in [6.45, 7) is 1.38. The van der Waals surface area contributed by atoms with Gasteiger partial charge in [-0.3, -0.25) is 0 Å². The van der Waals surface area contributed by atoms with E-state index >= 15 is 0 Å². The lowest BCUT2D eigenvalue weighted by Crippen LogP contribution is -1.97. The molecule has 0 saturated carbocycles. The Morgan fingerprint density at radius 1 is 0.947 bits per heavy atom. The highest BCUT2D eigenvalue weighted by molar-refractivity contribution is 5.64. The maximum absolute atomic E-state index is 9.05. The van der Waals surface area contributed by atoms with E-state index in [1.807, 2.05) is 36.4 Å². The first-order chi connectivity index (χ1) is 9.36. The molecule has 2 aromatic carbocycles. The van der Waals surface area contributed by atoms with Crippen molar-refractivity contribution in [1.29, 1.82) is 0 Å². The second-order valence-corrected chi connectivity index (χ2v) is 4.55. The summed E-state index contributed by atoms with van der Waals surface area (Å²) in [6, 6.07) is 16.1. The number of benzene rings is 2. The summed E-state index contributed by atoms with van der Waals surface area (Å²) < 4.78 is 11.0. The molecule has 3 rings (SSSR count). The molecule has 1 aliphatic heterocycles. The summed E-state index contributed by atoms with van der Waals surface area (Å²) in [5, 5.41) is 9.05. The van der Waals surface area contributed by atoms with Crippen molar-refractivity contribution in [2.24, 2.45) is 0 Å². The molecule has 3 nitrogen and oxygen atoms in total. The van der Waals surface area contributed by atoms with Crippen LogP contribution in [0.3, 0.4) is 0 Å². The van der Waals surface area contributed by atoms with E-state index in [2.05, 4.69) is 12.1 Å². The molecule has 2 aromatic rings. The van der Waals surface area contributed by atoms with Crippen molar-refractivity contribution in [3.8, 4) is 11.1 Å². The lowest BCUT2D eigenvalue weighted by Gasteiger charge is -2.11. The molecular formula is C16H16O3. The Kier molecular flexibility index (Phi) is 3.60. The molecule has 0 atom stereocenters. The zero-order valence-corrected chi connectivity index (χ0v) is 10.6. The van der Waals surface area contributed by atoms with Crippen LogP contribution >= 0.6 is 0 Å². The number of hydrogen-bond donors (Lipinski definition) is 1. The van der Waals surface area contributed by atoms with Gasteiger partial charge in [-0.1, -0.05) is 42.5 Å². The summed E-state index contributed by atoms with van der Waals surface area (Å²) in [6.07, 6.45) is -0.239. The van der Waals surface area contributed by atoms with Gasteiger partial charge in [0.05, 0.1) is 19.8 Å². The predicted octanol–water partition coefficient (Wildman–Crippen LogP) is 2.89. The second kappa shape index (κ2) is 5.53. The van der Waals surface area contributed by atoms with E-state index in [1.165, 1.54) is 0 Å². The van der Waals surface area contributed by atoms with E-state index in [-0.39, 0.29) is 12.9 Å². The molecule has 0 aliphatic carbocycles. The highest BCUT2D eigenvalue weighted by atomic mass is 16.7. The summed E-state index contributed by atoms with van der Waals surface area (Å²) in [5.41, 5.74) is 4.21. The molecule has 98 valence electrons. The Morgan fingerprint density at radius 2 is 1.68 bits per heavy atom. The quantitative estimate of drug-likeness (QED) is 0.917. The van der Waals surface area contributed by atoms with Crippen molar-refractivity contribution < 1.29 is 14.6 Å². The monoisotopic (exact) mass is 256 g/mol. The molecule has 0 aromatic heterocycles. The molecule has 0 unspecified atom stereocenters. The standard InChI is InChI=1S/C16H16O3/c17-11-12-4-6-13(7-5-12)14-2-1-3-15(10-14)16-18-8-9-19-16/h1-7,10,16-17H,8-9,11H2. The minimum Gasteiger partial charge on any atom is -0.392 e. The van der Waals surface area contributed by atoms with Crippen LogP contribution in [0.4, 0.5) is 0 Å². The van der Waals surface area contributed by atoms with Crippen molar-refractivity contribution in [1.82, 2.24) is 0 Å². The zero-order chi connectivity index (χ0) is 13.1. The van der Waals surface area contributed by atoms with E-state index in [0.717, 1.165) is 22.3 Å². The maximum atomic E-state index is 9.05. The van der Waals surface area contributed by atoms with Crippen LogP contribution < -0.4 is 0 Å². The fourth-order valence-electron chi connectivity index (χ4n) is 2.22. The van der Waals surface area contributed by atoms with Gasteiger partial charge in [0.2, 0.25) is 0 Å². The lowest BCUT2D eigenvalue weighted by atomic mass is 10.0. The molecule has 19 heavy (non-hydrogen) atoms. The minimum atomic E-state index is -0.239. The number of ether oxygens (including phenoxy) is 2. The van der Waals surface area contributed by atoms with Crippen molar-refractivity contribution in [3.05, 3.63) is 59.7 Å². The predicted molar refractivity (Wildman–Crippen MR) is 72.4 cm³/mol. The van der Waals surface area contributed by atoms with Gasteiger partial charge in [0.15, 0.2) is 6.29 Å². The van der Waals surface area contributed by atoms with E-state index in [1.54, 1.807) is 0 Å². The first-order valence-corrected chi connectivity index (χ1v) is 6.40. The van der Waals surface area contributed by atoms with E-state index < -0.39 is 0 Å². The Labute approximate surface area is 112 Å². The van der Waals surface area contributed by atoms with E-state index in [0.29, 0.717) is 13.2 Å². The molecule has 3 heteroatoms. The highest BCUT2D eigenvalue weighted by Gasteiger charge is 2.18. The van der Waals surface area contributed by atoms with Crippen molar-refractivity contribution in [3.63, 3.8) is 0 Å². The Morgan fingerprint density at radius 3 is 2.37 bits per heavy atom. The number of rotatable bonds is 3. The van der Waals surface area contributed by atoms with Crippen molar-refractivity contribution in [2.75, 3.05) is 13.2 Å². The van der Waals surface area contributed by atoms with Gasteiger partial charge in [-0.15, -0.1) is 0 Å². The zero-order valence-electron chi connectivity index (χ0n) is 10.6. The van der Waals surface area contributed by atoms with E-state index in [9.17, 15) is 0 Å². The average Bonchev–Trinajstić information content (AvgIpc) is 3.02. The van der Waals surface area contributed by atoms with Crippen LogP contribution in [0, 0.1) is 0 Å². The van der Waals surface area contributed by atoms with Gasteiger partial charge in [-0.05, 0) is 22.8 Å².